The van der Waals surface area contributed by atoms with E-state index < -0.39 is 15.7 Å². The maximum absolute atomic E-state index is 14.2. The summed E-state index contributed by atoms with van der Waals surface area (Å²) in [5, 5.41) is 4.05. The predicted molar refractivity (Wildman–Crippen MR) is 85.2 cm³/mol. The lowest BCUT2D eigenvalue weighted by Gasteiger charge is -2.06. The second-order valence-electron chi connectivity index (χ2n) is 5.25. The van der Waals surface area contributed by atoms with Gasteiger partial charge < -0.3 is 4.52 Å². The molecule has 0 fully saturated rings. The molecular weight excluding hydrogens is 317 g/mol. The Morgan fingerprint density at radius 3 is 2.35 bits per heavy atom. The average Bonchev–Trinajstić information content (AvgIpc) is 2.88. The molecule has 1 aromatic heterocycles. The van der Waals surface area contributed by atoms with Crippen LogP contribution >= 0.6 is 0 Å². The molecule has 0 atom stereocenters. The first-order valence-electron chi connectivity index (χ1n) is 6.89. The Morgan fingerprint density at radius 1 is 1.04 bits per heavy atom. The van der Waals surface area contributed by atoms with Crippen LogP contribution in [0.2, 0.25) is 0 Å². The number of halogens is 1. The molecule has 3 aromatic rings. The van der Waals surface area contributed by atoms with E-state index in [2.05, 4.69) is 5.16 Å². The summed E-state index contributed by atoms with van der Waals surface area (Å²) in [4.78, 5) is -0.323. The highest BCUT2D eigenvalue weighted by Crippen LogP contribution is 2.35. The fourth-order valence-corrected chi connectivity index (χ4v) is 3.19. The van der Waals surface area contributed by atoms with E-state index in [1.165, 1.54) is 12.1 Å². The van der Waals surface area contributed by atoms with E-state index in [1.54, 1.807) is 13.0 Å². The molecule has 0 radical (unpaired) electrons. The van der Waals surface area contributed by atoms with Crippen molar-refractivity contribution in [2.24, 2.45) is 0 Å². The third-order valence-corrected chi connectivity index (χ3v) is 4.66. The van der Waals surface area contributed by atoms with Gasteiger partial charge in [-0.05, 0) is 24.6 Å². The van der Waals surface area contributed by atoms with Gasteiger partial charge in [0.2, 0.25) is 0 Å². The van der Waals surface area contributed by atoms with Crippen LogP contribution in [0.3, 0.4) is 0 Å². The van der Waals surface area contributed by atoms with Gasteiger partial charge in [-0.1, -0.05) is 41.6 Å². The molecule has 1 heterocycles. The van der Waals surface area contributed by atoms with Crippen LogP contribution in [-0.4, -0.2) is 19.8 Å². The number of hydrogen-bond acceptors (Lipinski definition) is 4. The molecule has 0 aliphatic rings. The number of rotatable bonds is 3. The van der Waals surface area contributed by atoms with Crippen LogP contribution in [0.1, 0.15) is 5.76 Å². The first-order chi connectivity index (χ1) is 10.9. The van der Waals surface area contributed by atoms with Crippen LogP contribution < -0.4 is 0 Å². The van der Waals surface area contributed by atoms with Gasteiger partial charge in [0.25, 0.3) is 0 Å². The average molecular weight is 331 g/mol. The lowest BCUT2D eigenvalue weighted by molar-refractivity contribution is 0.400. The number of hydrogen-bond donors (Lipinski definition) is 0. The summed E-state index contributed by atoms with van der Waals surface area (Å²) < 4.78 is 42.5. The van der Waals surface area contributed by atoms with E-state index in [4.69, 9.17) is 4.52 Å². The second kappa shape index (κ2) is 5.62. The van der Waals surface area contributed by atoms with Gasteiger partial charge in [-0.25, -0.2) is 12.8 Å². The van der Waals surface area contributed by atoms with Crippen molar-refractivity contribution in [1.82, 2.24) is 5.16 Å². The Hall–Kier alpha value is -2.47. The molecule has 0 amide bonds. The molecule has 2 aromatic carbocycles. The second-order valence-corrected chi connectivity index (χ2v) is 7.23. The minimum absolute atomic E-state index is 0.323. The fraction of sp³-hybridized carbons (Fsp3) is 0.118. The summed E-state index contributed by atoms with van der Waals surface area (Å²) in [6.07, 6.45) is 0.977. The summed E-state index contributed by atoms with van der Waals surface area (Å²) in [7, 11) is -3.61. The Labute approximate surface area is 133 Å². The number of benzene rings is 2. The zero-order valence-corrected chi connectivity index (χ0v) is 13.4. The van der Waals surface area contributed by atoms with Crippen molar-refractivity contribution in [3.8, 4) is 22.4 Å². The van der Waals surface area contributed by atoms with Crippen LogP contribution in [0.15, 0.2) is 57.9 Å². The highest BCUT2D eigenvalue weighted by molar-refractivity contribution is 7.90. The molecule has 4 nitrogen and oxygen atoms in total. The normalized spacial score (nSPS) is 11.6. The van der Waals surface area contributed by atoms with Crippen LogP contribution in [0.5, 0.6) is 0 Å². The van der Waals surface area contributed by atoms with Crippen molar-refractivity contribution in [3.63, 3.8) is 0 Å². The topological polar surface area (TPSA) is 60.2 Å². The SMILES string of the molecule is Cc1onc(-c2ccccc2)c1-c1ccc(S(C)(=O)=O)c(F)c1. The Balaban J connectivity index is 2.17. The third-order valence-electron chi connectivity index (χ3n) is 3.53. The molecule has 0 aliphatic heterocycles. The highest BCUT2D eigenvalue weighted by atomic mass is 32.2. The quantitative estimate of drug-likeness (QED) is 0.731. The number of sulfone groups is 1. The largest absolute Gasteiger partial charge is 0.360 e. The Morgan fingerprint density at radius 2 is 1.74 bits per heavy atom. The molecule has 0 aliphatic carbocycles. The van der Waals surface area contributed by atoms with E-state index in [0.29, 0.717) is 22.6 Å². The van der Waals surface area contributed by atoms with E-state index in [-0.39, 0.29) is 4.90 Å². The molecule has 0 spiro atoms. The predicted octanol–water partition coefficient (Wildman–Crippen LogP) is 3.86. The molecular formula is C17H14FNO3S. The van der Waals surface area contributed by atoms with Gasteiger partial charge in [-0.15, -0.1) is 0 Å². The summed E-state index contributed by atoms with van der Waals surface area (Å²) >= 11 is 0. The minimum Gasteiger partial charge on any atom is -0.360 e. The summed E-state index contributed by atoms with van der Waals surface area (Å²) in [6, 6.07) is 13.4. The fourth-order valence-electron chi connectivity index (χ4n) is 2.46. The van der Waals surface area contributed by atoms with E-state index in [0.717, 1.165) is 11.8 Å². The van der Waals surface area contributed by atoms with Crippen molar-refractivity contribution in [3.05, 3.63) is 60.1 Å². The smallest absolute Gasteiger partial charge is 0.178 e. The van der Waals surface area contributed by atoms with Crippen molar-refractivity contribution in [2.45, 2.75) is 11.8 Å². The minimum atomic E-state index is -3.61. The van der Waals surface area contributed by atoms with Crippen LogP contribution in [0.25, 0.3) is 22.4 Å². The van der Waals surface area contributed by atoms with Gasteiger partial charge >= 0.3 is 0 Å². The van der Waals surface area contributed by atoms with Crippen molar-refractivity contribution in [1.29, 1.82) is 0 Å². The molecule has 0 saturated heterocycles. The summed E-state index contributed by atoms with van der Waals surface area (Å²) in [5.74, 6) is -0.250. The third kappa shape index (κ3) is 2.90. The van der Waals surface area contributed by atoms with Gasteiger partial charge in [0.15, 0.2) is 9.84 Å². The number of aromatic nitrogens is 1. The van der Waals surface area contributed by atoms with E-state index >= 15 is 0 Å². The van der Waals surface area contributed by atoms with Gasteiger partial charge in [0.1, 0.15) is 22.2 Å². The summed E-state index contributed by atoms with van der Waals surface area (Å²) in [6.45, 7) is 1.73. The van der Waals surface area contributed by atoms with Crippen LogP contribution in [-0.2, 0) is 9.84 Å². The first-order valence-corrected chi connectivity index (χ1v) is 8.79. The molecule has 3 rings (SSSR count). The van der Waals surface area contributed by atoms with Gasteiger partial charge in [0.05, 0.1) is 5.56 Å². The number of nitrogens with zero attached hydrogens (tertiary/aromatic N) is 1. The molecule has 118 valence electrons. The lowest BCUT2D eigenvalue weighted by Crippen LogP contribution is -2.00. The van der Waals surface area contributed by atoms with E-state index in [1.807, 2.05) is 30.3 Å². The maximum atomic E-state index is 14.2. The van der Waals surface area contributed by atoms with Crippen LogP contribution in [0, 0.1) is 12.7 Å². The molecule has 23 heavy (non-hydrogen) atoms. The standard InChI is InChI=1S/C17H14FNO3S/c1-11-16(17(19-22-11)12-6-4-3-5-7-12)13-8-9-15(14(18)10-13)23(2,20)21/h3-10H,1-2H3. The van der Waals surface area contributed by atoms with Crippen molar-refractivity contribution >= 4 is 9.84 Å². The van der Waals surface area contributed by atoms with Gasteiger partial charge in [-0.3, -0.25) is 0 Å². The molecule has 6 heteroatoms. The molecule has 0 unspecified atom stereocenters. The highest BCUT2D eigenvalue weighted by Gasteiger charge is 2.20. The van der Waals surface area contributed by atoms with Crippen molar-refractivity contribution < 1.29 is 17.3 Å². The van der Waals surface area contributed by atoms with Crippen molar-refractivity contribution in [2.75, 3.05) is 6.26 Å². The first kappa shape index (κ1) is 15.4. The Kier molecular flexibility index (Phi) is 3.77. The number of aryl methyl sites for hydroxylation is 1. The monoisotopic (exact) mass is 331 g/mol. The van der Waals surface area contributed by atoms with Gasteiger partial charge in [-0.2, -0.15) is 0 Å². The van der Waals surface area contributed by atoms with Gasteiger partial charge in [0, 0.05) is 11.8 Å². The molecule has 0 N–H and O–H groups in total. The zero-order valence-electron chi connectivity index (χ0n) is 12.6. The Bertz CT molecular complexity index is 963. The summed E-state index contributed by atoms with van der Waals surface area (Å²) in [5.41, 5.74) is 2.60. The lowest BCUT2D eigenvalue weighted by atomic mass is 9.99. The maximum Gasteiger partial charge on any atom is 0.178 e. The molecule has 0 bridgehead atoms. The molecule has 0 saturated carbocycles. The van der Waals surface area contributed by atoms with E-state index in [9.17, 15) is 12.8 Å². The van der Waals surface area contributed by atoms with Crippen LogP contribution in [0.4, 0.5) is 4.39 Å². The zero-order chi connectivity index (χ0) is 16.6.